The van der Waals surface area contributed by atoms with Crippen molar-refractivity contribution in [1.29, 1.82) is 0 Å². The number of hydrogen-bond acceptors (Lipinski definition) is 2. The summed E-state index contributed by atoms with van der Waals surface area (Å²) in [6.45, 7) is 0. The number of rotatable bonds is 4. The van der Waals surface area contributed by atoms with Crippen molar-refractivity contribution >= 4 is 58.6 Å². The van der Waals surface area contributed by atoms with E-state index in [2.05, 4.69) is 4.98 Å². The SMILES string of the molecule is Clc1nc(CC2=CCC(C(Cl)(Cl)Cl)C=C2)oc1/C=C/c1ccccc1. The van der Waals surface area contributed by atoms with E-state index in [9.17, 15) is 0 Å². The molecule has 2 aromatic rings. The average molecular weight is 415 g/mol. The first-order valence-electron chi connectivity index (χ1n) is 7.74. The fraction of sp³-hybridized carbons (Fsp3) is 0.211. The fourth-order valence-corrected chi connectivity index (χ4v) is 3.17. The molecule has 2 nitrogen and oxygen atoms in total. The third-order valence-electron chi connectivity index (χ3n) is 3.83. The average Bonchev–Trinajstić information content (AvgIpc) is 2.93. The van der Waals surface area contributed by atoms with Crippen molar-refractivity contribution in [2.24, 2.45) is 5.92 Å². The minimum Gasteiger partial charge on any atom is -0.439 e. The molecule has 1 aliphatic rings. The van der Waals surface area contributed by atoms with Crippen LogP contribution in [0.1, 0.15) is 23.6 Å². The molecule has 0 aliphatic heterocycles. The summed E-state index contributed by atoms with van der Waals surface area (Å²) < 4.78 is 4.46. The second-order valence-electron chi connectivity index (χ2n) is 5.71. The number of benzene rings is 1. The standard InChI is InChI=1S/C19H15Cl4NO/c20-18-16(11-8-13-4-2-1-3-5-13)25-17(24-18)12-14-6-9-15(10-7-14)19(21,22)23/h1-9,11,15H,10,12H2/b11-8+. The number of nitrogens with zero attached hydrogens (tertiary/aromatic N) is 1. The number of oxazole rings is 1. The highest BCUT2D eigenvalue weighted by atomic mass is 35.6. The van der Waals surface area contributed by atoms with E-state index < -0.39 is 3.79 Å². The zero-order valence-corrected chi connectivity index (χ0v) is 16.2. The molecule has 130 valence electrons. The van der Waals surface area contributed by atoms with Crippen LogP contribution in [0.4, 0.5) is 0 Å². The number of aromatic nitrogens is 1. The third-order valence-corrected chi connectivity index (χ3v) is 4.94. The van der Waals surface area contributed by atoms with Gasteiger partial charge in [0.1, 0.15) is 0 Å². The molecule has 0 saturated heterocycles. The number of hydrogen-bond donors (Lipinski definition) is 0. The molecule has 0 bridgehead atoms. The second kappa shape index (κ2) is 8.01. The quantitative estimate of drug-likeness (QED) is 0.507. The molecule has 0 spiro atoms. The van der Waals surface area contributed by atoms with Gasteiger partial charge in [-0.1, -0.05) is 101 Å². The van der Waals surface area contributed by atoms with Gasteiger partial charge in [-0.2, -0.15) is 0 Å². The summed E-state index contributed by atoms with van der Waals surface area (Å²) in [5, 5.41) is 0.349. The topological polar surface area (TPSA) is 26.0 Å². The van der Waals surface area contributed by atoms with Crippen LogP contribution in [0.25, 0.3) is 12.2 Å². The van der Waals surface area contributed by atoms with Crippen LogP contribution in [0.15, 0.2) is 58.6 Å². The Kier molecular flexibility index (Phi) is 5.96. The number of halogens is 4. The highest BCUT2D eigenvalue weighted by Gasteiger charge is 2.30. The maximum absolute atomic E-state index is 6.17. The Labute approximate surface area is 166 Å². The predicted octanol–water partition coefficient (Wildman–Crippen LogP) is 6.91. The maximum atomic E-state index is 6.17. The molecule has 1 aliphatic carbocycles. The van der Waals surface area contributed by atoms with E-state index in [1.165, 1.54) is 0 Å². The van der Waals surface area contributed by atoms with E-state index in [-0.39, 0.29) is 5.92 Å². The minimum atomic E-state index is -1.29. The lowest BCUT2D eigenvalue weighted by molar-refractivity contribution is 0.498. The van der Waals surface area contributed by atoms with Gasteiger partial charge in [0.05, 0.1) is 0 Å². The van der Waals surface area contributed by atoms with Crippen LogP contribution in [-0.2, 0) is 6.42 Å². The van der Waals surface area contributed by atoms with E-state index in [1.54, 1.807) is 0 Å². The summed E-state index contributed by atoms with van der Waals surface area (Å²) in [5.74, 6) is 0.972. The molecule has 3 rings (SSSR count). The minimum absolute atomic E-state index is 0.126. The molecule has 0 N–H and O–H groups in total. The highest BCUT2D eigenvalue weighted by Crippen LogP contribution is 2.40. The van der Waals surface area contributed by atoms with Crippen LogP contribution < -0.4 is 0 Å². The summed E-state index contributed by atoms with van der Waals surface area (Å²) in [7, 11) is 0. The van der Waals surface area contributed by atoms with Crippen LogP contribution in [0.5, 0.6) is 0 Å². The Balaban J connectivity index is 1.67. The predicted molar refractivity (Wildman–Crippen MR) is 106 cm³/mol. The van der Waals surface area contributed by atoms with Crippen molar-refractivity contribution in [3.05, 3.63) is 76.5 Å². The molecule has 25 heavy (non-hydrogen) atoms. The number of alkyl halides is 3. The van der Waals surface area contributed by atoms with E-state index in [4.69, 9.17) is 50.8 Å². The summed E-state index contributed by atoms with van der Waals surface area (Å²) in [6, 6.07) is 9.91. The van der Waals surface area contributed by atoms with Crippen molar-refractivity contribution < 1.29 is 4.42 Å². The van der Waals surface area contributed by atoms with Crippen molar-refractivity contribution in [3.8, 4) is 0 Å². The van der Waals surface area contributed by atoms with Gasteiger partial charge >= 0.3 is 0 Å². The van der Waals surface area contributed by atoms with Crippen molar-refractivity contribution in [1.82, 2.24) is 4.98 Å². The normalized spacial score (nSPS) is 17.9. The van der Waals surface area contributed by atoms with Crippen molar-refractivity contribution in [3.63, 3.8) is 0 Å². The zero-order valence-electron chi connectivity index (χ0n) is 13.1. The van der Waals surface area contributed by atoms with Gasteiger partial charge in [-0.25, -0.2) is 4.98 Å². The summed E-state index contributed by atoms with van der Waals surface area (Å²) in [6.07, 6.45) is 10.8. The molecule has 1 atom stereocenters. The van der Waals surface area contributed by atoms with Crippen LogP contribution >= 0.6 is 46.4 Å². The van der Waals surface area contributed by atoms with Gasteiger partial charge in [0.25, 0.3) is 0 Å². The Morgan fingerprint density at radius 2 is 1.92 bits per heavy atom. The monoisotopic (exact) mass is 413 g/mol. The molecule has 6 heteroatoms. The fourth-order valence-electron chi connectivity index (χ4n) is 2.48. The van der Waals surface area contributed by atoms with Gasteiger partial charge in [0, 0.05) is 12.3 Å². The largest absolute Gasteiger partial charge is 0.439 e. The molecule has 0 radical (unpaired) electrons. The van der Waals surface area contributed by atoms with Gasteiger partial charge in [-0.15, -0.1) is 0 Å². The lowest BCUT2D eigenvalue weighted by atomic mass is 9.96. The van der Waals surface area contributed by atoms with Crippen LogP contribution in [0.2, 0.25) is 5.15 Å². The summed E-state index contributed by atoms with van der Waals surface area (Å²) in [5.41, 5.74) is 2.12. The summed E-state index contributed by atoms with van der Waals surface area (Å²) >= 11 is 23.9. The lowest BCUT2D eigenvalue weighted by Gasteiger charge is -2.22. The molecule has 1 aromatic carbocycles. The van der Waals surface area contributed by atoms with Crippen LogP contribution in [0.3, 0.4) is 0 Å². The smallest absolute Gasteiger partial charge is 0.200 e. The first-order valence-corrected chi connectivity index (χ1v) is 9.25. The molecule has 1 aromatic heterocycles. The molecule has 0 amide bonds. The van der Waals surface area contributed by atoms with Gasteiger partial charge < -0.3 is 4.42 Å². The van der Waals surface area contributed by atoms with Crippen molar-refractivity contribution in [2.75, 3.05) is 0 Å². The number of allylic oxidation sites excluding steroid dienone is 4. The van der Waals surface area contributed by atoms with E-state index >= 15 is 0 Å². The van der Waals surface area contributed by atoms with E-state index in [0.717, 1.165) is 11.1 Å². The van der Waals surface area contributed by atoms with Gasteiger partial charge in [0.2, 0.25) is 5.89 Å². The summed E-state index contributed by atoms with van der Waals surface area (Å²) in [4.78, 5) is 4.28. The molecule has 1 heterocycles. The zero-order chi connectivity index (χ0) is 17.9. The third kappa shape index (κ3) is 5.15. The lowest BCUT2D eigenvalue weighted by Crippen LogP contribution is -2.18. The van der Waals surface area contributed by atoms with Gasteiger partial charge in [0.15, 0.2) is 14.7 Å². The molecule has 1 unspecified atom stereocenters. The highest BCUT2D eigenvalue weighted by molar-refractivity contribution is 6.67. The molecule has 0 fully saturated rings. The van der Waals surface area contributed by atoms with Crippen LogP contribution in [0, 0.1) is 5.92 Å². The second-order valence-corrected chi connectivity index (χ2v) is 8.43. The molecule has 0 saturated carbocycles. The van der Waals surface area contributed by atoms with Gasteiger partial charge in [-0.3, -0.25) is 0 Å². The van der Waals surface area contributed by atoms with E-state index in [0.29, 0.717) is 29.6 Å². The van der Waals surface area contributed by atoms with Crippen molar-refractivity contribution in [2.45, 2.75) is 16.6 Å². The van der Waals surface area contributed by atoms with E-state index in [1.807, 2.05) is 60.7 Å². The van der Waals surface area contributed by atoms with Gasteiger partial charge in [-0.05, 0) is 23.6 Å². The molecular formula is C19H15Cl4NO. The maximum Gasteiger partial charge on any atom is 0.200 e. The van der Waals surface area contributed by atoms with Crippen LogP contribution in [-0.4, -0.2) is 8.78 Å². The Morgan fingerprint density at radius 3 is 2.56 bits per heavy atom. The Morgan fingerprint density at radius 1 is 1.16 bits per heavy atom. The Hall–Kier alpha value is -1.19. The first kappa shape index (κ1) is 18.6. The Bertz CT molecular complexity index is 816. The first-order chi connectivity index (χ1) is 11.9. The molecular weight excluding hydrogens is 400 g/mol.